The first-order chi connectivity index (χ1) is 5.60. The van der Waals surface area contributed by atoms with Crippen LogP contribution >= 0.6 is 7.60 Å². The molecular formula is C8H19O3P. The van der Waals surface area contributed by atoms with Crippen LogP contribution in [0.25, 0.3) is 0 Å². The Labute approximate surface area is 75.0 Å². The summed E-state index contributed by atoms with van der Waals surface area (Å²) in [5.74, 6) is 0. The molecule has 1 atom stereocenters. The quantitative estimate of drug-likeness (QED) is 0.609. The van der Waals surface area contributed by atoms with Gasteiger partial charge in [0.1, 0.15) is 0 Å². The van der Waals surface area contributed by atoms with E-state index in [0.717, 1.165) is 19.3 Å². The lowest BCUT2D eigenvalue weighted by Gasteiger charge is -2.20. The molecule has 0 heterocycles. The van der Waals surface area contributed by atoms with Crippen LogP contribution in [0.4, 0.5) is 0 Å². The number of hydrogen-bond donors (Lipinski definition) is 0. The van der Waals surface area contributed by atoms with Crippen molar-refractivity contribution < 1.29 is 13.6 Å². The zero-order valence-corrected chi connectivity index (χ0v) is 9.27. The fourth-order valence-electron chi connectivity index (χ4n) is 1.09. The first-order valence-corrected chi connectivity index (χ1v) is 5.93. The predicted molar refractivity (Wildman–Crippen MR) is 50.6 cm³/mol. The lowest BCUT2D eigenvalue weighted by molar-refractivity contribution is 0.265. The van der Waals surface area contributed by atoms with Gasteiger partial charge in [-0.25, -0.2) is 0 Å². The summed E-state index contributed by atoms with van der Waals surface area (Å²) in [4.78, 5) is 0. The first kappa shape index (κ1) is 12.2. The number of unbranched alkanes of at least 4 members (excludes halogenated alkanes) is 1. The van der Waals surface area contributed by atoms with E-state index in [0.29, 0.717) is 0 Å². The Hall–Kier alpha value is 0.150. The van der Waals surface area contributed by atoms with Gasteiger partial charge in [0.2, 0.25) is 0 Å². The summed E-state index contributed by atoms with van der Waals surface area (Å²) in [7, 11) is 0.0726. The van der Waals surface area contributed by atoms with E-state index in [4.69, 9.17) is 9.05 Å². The van der Waals surface area contributed by atoms with Crippen LogP contribution in [0, 0.1) is 0 Å². The third-order valence-corrected chi connectivity index (χ3v) is 4.38. The minimum Gasteiger partial charge on any atom is -0.312 e. The van der Waals surface area contributed by atoms with Crippen LogP contribution < -0.4 is 0 Å². The monoisotopic (exact) mass is 194 g/mol. The second kappa shape index (κ2) is 5.74. The van der Waals surface area contributed by atoms with Crippen LogP contribution in [-0.4, -0.2) is 19.9 Å². The summed E-state index contributed by atoms with van der Waals surface area (Å²) >= 11 is 0. The van der Waals surface area contributed by atoms with E-state index in [1.54, 1.807) is 0 Å². The van der Waals surface area contributed by atoms with Crippen LogP contribution in [0.2, 0.25) is 0 Å². The fourth-order valence-corrected chi connectivity index (χ4v) is 2.46. The summed E-state index contributed by atoms with van der Waals surface area (Å²) in [5.41, 5.74) is 0.00690. The molecule has 0 aliphatic rings. The van der Waals surface area contributed by atoms with Crippen LogP contribution in [0.5, 0.6) is 0 Å². The maximum atomic E-state index is 11.7. The summed E-state index contributed by atoms with van der Waals surface area (Å²) in [5, 5.41) is 0. The summed E-state index contributed by atoms with van der Waals surface area (Å²) < 4.78 is 21.5. The van der Waals surface area contributed by atoms with Gasteiger partial charge in [0.15, 0.2) is 0 Å². The smallest absolute Gasteiger partial charge is 0.312 e. The summed E-state index contributed by atoms with van der Waals surface area (Å²) in [6.45, 7) is 4.01. The van der Waals surface area contributed by atoms with Gasteiger partial charge in [0.05, 0.1) is 5.66 Å². The molecule has 0 aromatic carbocycles. The highest BCUT2D eigenvalue weighted by Gasteiger charge is 2.28. The van der Waals surface area contributed by atoms with E-state index in [1.165, 1.54) is 14.2 Å². The summed E-state index contributed by atoms with van der Waals surface area (Å²) in [6, 6.07) is 0. The van der Waals surface area contributed by atoms with Crippen molar-refractivity contribution in [1.29, 1.82) is 0 Å². The minimum absolute atomic E-state index is 0.00690. The molecule has 0 N–H and O–H groups in total. The van der Waals surface area contributed by atoms with Gasteiger partial charge in [-0.1, -0.05) is 26.7 Å². The topological polar surface area (TPSA) is 35.5 Å². The molecule has 0 aromatic heterocycles. The van der Waals surface area contributed by atoms with Crippen molar-refractivity contribution in [3.8, 4) is 0 Å². The molecule has 0 aliphatic carbocycles. The van der Waals surface area contributed by atoms with Crippen LogP contribution in [0.1, 0.15) is 33.1 Å². The van der Waals surface area contributed by atoms with Crippen molar-refractivity contribution in [1.82, 2.24) is 0 Å². The molecule has 0 fully saturated rings. The Morgan fingerprint density at radius 2 is 1.83 bits per heavy atom. The molecule has 1 unspecified atom stereocenters. The van der Waals surface area contributed by atoms with Gasteiger partial charge in [-0.2, -0.15) is 0 Å². The SMILES string of the molecule is CCCCC(C)P(=O)(OC)OC. The Kier molecular flexibility index (Phi) is 5.81. The number of hydrogen-bond acceptors (Lipinski definition) is 3. The van der Waals surface area contributed by atoms with Gasteiger partial charge in [-0.3, -0.25) is 4.57 Å². The molecule has 0 saturated carbocycles. The normalized spacial score (nSPS) is 14.7. The average molecular weight is 194 g/mol. The van der Waals surface area contributed by atoms with E-state index in [-0.39, 0.29) is 5.66 Å². The highest BCUT2D eigenvalue weighted by atomic mass is 31.2. The summed E-state index contributed by atoms with van der Waals surface area (Å²) in [6.07, 6.45) is 3.07. The van der Waals surface area contributed by atoms with Crippen molar-refractivity contribution in [2.24, 2.45) is 0 Å². The van der Waals surface area contributed by atoms with E-state index in [1.807, 2.05) is 6.92 Å². The molecule has 3 nitrogen and oxygen atoms in total. The lowest BCUT2D eigenvalue weighted by Crippen LogP contribution is -2.06. The molecular weight excluding hydrogens is 175 g/mol. The Bertz CT molecular complexity index is 150. The third kappa shape index (κ3) is 3.26. The maximum absolute atomic E-state index is 11.7. The van der Waals surface area contributed by atoms with Gasteiger partial charge >= 0.3 is 7.60 Å². The average Bonchev–Trinajstić information content (AvgIpc) is 2.12. The standard InChI is InChI=1S/C8H19O3P/c1-5-6-7-8(2)12(9,10-3)11-4/h8H,5-7H2,1-4H3. The predicted octanol–water partition coefficient (Wildman–Crippen LogP) is 3.05. The highest BCUT2D eigenvalue weighted by molar-refractivity contribution is 7.54. The van der Waals surface area contributed by atoms with Crippen LogP contribution in [-0.2, 0) is 13.6 Å². The van der Waals surface area contributed by atoms with Gasteiger partial charge < -0.3 is 9.05 Å². The first-order valence-electron chi connectivity index (χ1n) is 4.32. The molecule has 12 heavy (non-hydrogen) atoms. The lowest BCUT2D eigenvalue weighted by atomic mass is 10.2. The van der Waals surface area contributed by atoms with E-state index in [9.17, 15) is 4.57 Å². The van der Waals surface area contributed by atoms with Crippen molar-refractivity contribution >= 4 is 7.60 Å². The molecule has 0 aromatic rings. The Balaban J connectivity index is 4.03. The zero-order valence-electron chi connectivity index (χ0n) is 8.37. The Morgan fingerprint density at radius 1 is 1.33 bits per heavy atom. The second-order valence-corrected chi connectivity index (χ2v) is 5.59. The largest absolute Gasteiger partial charge is 0.332 e. The van der Waals surface area contributed by atoms with Gasteiger partial charge in [0, 0.05) is 14.2 Å². The van der Waals surface area contributed by atoms with Crippen molar-refractivity contribution in [3.63, 3.8) is 0 Å². The molecule has 0 saturated heterocycles. The Morgan fingerprint density at radius 3 is 2.17 bits per heavy atom. The molecule has 0 aliphatic heterocycles. The molecule has 74 valence electrons. The second-order valence-electron chi connectivity index (χ2n) is 2.90. The van der Waals surface area contributed by atoms with E-state index >= 15 is 0 Å². The van der Waals surface area contributed by atoms with Crippen molar-refractivity contribution in [2.75, 3.05) is 14.2 Å². The zero-order chi connectivity index (χ0) is 9.61. The molecule has 4 heteroatoms. The van der Waals surface area contributed by atoms with Crippen molar-refractivity contribution in [2.45, 2.75) is 38.8 Å². The van der Waals surface area contributed by atoms with E-state index in [2.05, 4.69) is 6.92 Å². The fraction of sp³-hybridized carbons (Fsp3) is 1.00. The molecule has 0 radical (unpaired) electrons. The van der Waals surface area contributed by atoms with Crippen LogP contribution in [0.3, 0.4) is 0 Å². The molecule has 0 rings (SSSR count). The third-order valence-electron chi connectivity index (χ3n) is 2.02. The van der Waals surface area contributed by atoms with Crippen LogP contribution in [0.15, 0.2) is 0 Å². The molecule has 0 spiro atoms. The van der Waals surface area contributed by atoms with Crippen molar-refractivity contribution in [3.05, 3.63) is 0 Å². The molecule has 0 amide bonds. The van der Waals surface area contributed by atoms with Gasteiger partial charge in [-0.05, 0) is 6.42 Å². The highest BCUT2D eigenvalue weighted by Crippen LogP contribution is 2.52. The van der Waals surface area contributed by atoms with E-state index < -0.39 is 7.60 Å². The minimum atomic E-state index is -2.80. The van der Waals surface area contributed by atoms with Gasteiger partial charge in [-0.15, -0.1) is 0 Å². The van der Waals surface area contributed by atoms with Gasteiger partial charge in [0.25, 0.3) is 0 Å². The number of rotatable bonds is 6. The maximum Gasteiger partial charge on any atom is 0.332 e. The molecule has 0 bridgehead atoms.